The average molecular weight is 415 g/mol. The Kier molecular flexibility index (Phi) is 6.27. The summed E-state index contributed by atoms with van der Waals surface area (Å²) in [7, 11) is 0. The summed E-state index contributed by atoms with van der Waals surface area (Å²) in [6.07, 6.45) is 5.66. The van der Waals surface area contributed by atoms with Crippen molar-refractivity contribution in [3.8, 4) is 5.75 Å². The van der Waals surface area contributed by atoms with Gasteiger partial charge in [-0.15, -0.1) is 0 Å². The molecule has 1 aromatic carbocycles. The van der Waals surface area contributed by atoms with Gasteiger partial charge in [0.25, 0.3) is 5.91 Å². The zero-order chi connectivity index (χ0) is 21.1. The van der Waals surface area contributed by atoms with E-state index in [1.165, 1.54) is 0 Å². The fraction of sp³-hybridized carbons (Fsp3) is 0.478. The normalized spacial score (nSPS) is 21.9. The van der Waals surface area contributed by atoms with Gasteiger partial charge in [0.05, 0.1) is 5.69 Å². The number of amides is 1. The van der Waals surface area contributed by atoms with Crippen LogP contribution in [0.3, 0.4) is 0 Å². The summed E-state index contributed by atoms with van der Waals surface area (Å²) in [5.41, 5.74) is 0.149. The van der Waals surface area contributed by atoms with Crippen LogP contribution in [0.25, 0.3) is 0 Å². The molecule has 2 saturated heterocycles. The Labute approximate surface area is 175 Å². The highest BCUT2D eigenvalue weighted by Crippen LogP contribution is 2.28. The third-order valence-electron chi connectivity index (χ3n) is 6.12. The summed E-state index contributed by atoms with van der Waals surface area (Å²) in [4.78, 5) is 21.1. The Morgan fingerprint density at radius 3 is 2.60 bits per heavy atom. The number of nitrogens with zero attached hydrogens (tertiary/aromatic N) is 3. The van der Waals surface area contributed by atoms with Gasteiger partial charge in [-0.25, -0.2) is 8.78 Å². The Balaban J connectivity index is 1.46. The number of aromatic nitrogens is 1. The molecule has 2 aliphatic rings. The van der Waals surface area contributed by atoms with Crippen molar-refractivity contribution >= 4 is 5.91 Å². The molecule has 160 valence electrons. The standard InChI is InChI=1S/C23H27F2N3O2/c1-16-6-4-10-27(16)14-18-8-5-11-28(18)23(29)22-20(24)12-19(13-21(22)25)30-15-17-7-2-3-9-26-17/h2-3,7,9,12-13,16,18H,4-6,8,10-11,14-15H2,1H3/t16-,18?/m0/s1. The number of rotatable bonds is 6. The van der Waals surface area contributed by atoms with Crippen LogP contribution in [0.2, 0.25) is 0 Å². The van der Waals surface area contributed by atoms with E-state index in [1.54, 1.807) is 23.2 Å². The number of hydrogen-bond acceptors (Lipinski definition) is 4. The highest BCUT2D eigenvalue weighted by atomic mass is 19.1. The van der Waals surface area contributed by atoms with Gasteiger partial charge in [0.15, 0.2) is 0 Å². The number of carbonyl (C=O) groups is 1. The number of pyridine rings is 1. The highest BCUT2D eigenvalue weighted by Gasteiger charge is 2.35. The number of hydrogen-bond donors (Lipinski definition) is 0. The first-order valence-corrected chi connectivity index (χ1v) is 10.6. The average Bonchev–Trinajstić information content (AvgIpc) is 3.36. The smallest absolute Gasteiger partial charge is 0.260 e. The molecule has 4 rings (SSSR count). The molecular weight excluding hydrogens is 388 g/mol. The lowest BCUT2D eigenvalue weighted by molar-refractivity contribution is 0.0686. The van der Waals surface area contributed by atoms with Gasteiger partial charge in [-0.2, -0.15) is 0 Å². The van der Waals surface area contributed by atoms with Crippen LogP contribution < -0.4 is 4.74 Å². The van der Waals surface area contributed by atoms with Crippen molar-refractivity contribution in [2.45, 2.75) is 51.3 Å². The Morgan fingerprint density at radius 2 is 1.93 bits per heavy atom. The second-order valence-corrected chi connectivity index (χ2v) is 8.15. The van der Waals surface area contributed by atoms with Crippen LogP contribution in [0.5, 0.6) is 5.75 Å². The lowest BCUT2D eigenvalue weighted by Gasteiger charge is -2.31. The summed E-state index contributed by atoms with van der Waals surface area (Å²) < 4.78 is 34.9. The molecule has 2 aliphatic heterocycles. The number of ether oxygens (including phenoxy) is 1. The topological polar surface area (TPSA) is 45.7 Å². The molecule has 0 saturated carbocycles. The third kappa shape index (κ3) is 4.46. The maximum absolute atomic E-state index is 14.7. The van der Waals surface area contributed by atoms with Crippen LogP contribution >= 0.6 is 0 Å². The van der Waals surface area contributed by atoms with Gasteiger partial charge in [0.1, 0.15) is 29.6 Å². The molecule has 2 atom stereocenters. The van der Waals surface area contributed by atoms with Crippen LogP contribution in [0.4, 0.5) is 8.78 Å². The largest absolute Gasteiger partial charge is 0.487 e. The fourth-order valence-electron chi connectivity index (χ4n) is 4.45. The molecule has 2 aromatic rings. The number of likely N-dealkylation sites (tertiary alicyclic amines) is 2. The molecule has 0 bridgehead atoms. The molecule has 1 amide bonds. The van der Waals surface area contributed by atoms with Crippen LogP contribution in [-0.2, 0) is 6.61 Å². The maximum Gasteiger partial charge on any atom is 0.260 e. The minimum absolute atomic E-state index is 0.00284. The van der Waals surface area contributed by atoms with E-state index < -0.39 is 23.1 Å². The molecule has 3 heterocycles. The summed E-state index contributed by atoms with van der Waals surface area (Å²) in [6, 6.07) is 7.99. The van der Waals surface area contributed by atoms with E-state index in [0.717, 1.165) is 50.9 Å². The highest BCUT2D eigenvalue weighted by molar-refractivity contribution is 5.95. The lowest BCUT2D eigenvalue weighted by Crippen LogP contribution is -2.44. The minimum atomic E-state index is -0.892. The summed E-state index contributed by atoms with van der Waals surface area (Å²) in [5.74, 6) is -2.32. The molecule has 0 spiro atoms. The number of halogens is 2. The fourth-order valence-corrected chi connectivity index (χ4v) is 4.45. The molecule has 0 aliphatic carbocycles. The van der Waals surface area contributed by atoms with E-state index >= 15 is 0 Å². The predicted molar refractivity (Wildman–Crippen MR) is 109 cm³/mol. The van der Waals surface area contributed by atoms with Crippen LogP contribution in [0.15, 0.2) is 36.5 Å². The zero-order valence-corrected chi connectivity index (χ0v) is 17.2. The third-order valence-corrected chi connectivity index (χ3v) is 6.12. The van der Waals surface area contributed by atoms with Crippen molar-refractivity contribution in [2.24, 2.45) is 0 Å². The Bertz CT molecular complexity index is 870. The first kappa shape index (κ1) is 20.7. The molecular formula is C23H27F2N3O2. The summed E-state index contributed by atoms with van der Waals surface area (Å²) in [6.45, 7) is 4.60. The van der Waals surface area contributed by atoms with Crippen molar-refractivity contribution in [1.82, 2.24) is 14.8 Å². The zero-order valence-electron chi connectivity index (χ0n) is 17.2. The second kappa shape index (κ2) is 9.08. The monoisotopic (exact) mass is 415 g/mol. The van der Waals surface area contributed by atoms with Gasteiger partial charge in [-0.3, -0.25) is 14.7 Å². The van der Waals surface area contributed by atoms with Crippen molar-refractivity contribution in [3.05, 3.63) is 59.4 Å². The predicted octanol–water partition coefficient (Wildman–Crippen LogP) is 4.03. The van der Waals surface area contributed by atoms with Crippen LogP contribution in [0, 0.1) is 11.6 Å². The van der Waals surface area contributed by atoms with Crippen molar-refractivity contribution in [2.75, 3.05) is 19.6 Å². The van der Waals surface area contributed by atoms with Gasteiger partial charge in [0, 0.05) is 43.5 Å². The molecule has 5 nitrogen and oxygen atoms in total. The van der Waals surface area contributed by atoms with E-state index in [1.807, 2.05) is 6.07 Å². The van der Waals surface area contributed by atoms with Gasteiger partial charge < -0.3 is 9.64 Å². The van der Waals surface area contributed by atoms with Crippen molar-refractivity contribution < 1.29 is 18.3 Å². The first-order valence-electron chi connectivity index (χ1n) is 10.6. The minimum Gasteiger partial charge on any atom is -0.487 e. The molecule has 30 heavy (non-hydrogen) atoms. The first-order chi connectivity index (χ1) is 14.5. The summed E-state index contributed by atoms with van der Waals surface area (Å²) in [5, 5.41) is 0. The van der Waals surface area contributed by atoms with Gasteiger partial charge in [0.2, 0.25) is 0 Å². The quantitative estimate of drug-likeness (QED) is 0.715. The second-order valence-electron chi connectivity index (χ2n) is 8.15. The molecule has 7 heteroatoms. The van der Waals surface area contributed by atoms with E-state index in [0.29, 0.717) is 18.3 Å². The van der Waals surface area contributed by atoms with E-state index in [4.69, 9.17) is 4.74 Å². The Hall–Kier alpha value is -2.54. The number of carbonyl (C=O) groups excluding carboxylic acids is 1. The molecule has 1 aromatic heterocycles. The van der Waals surface area contributed by atoms with Gasteiger partial charge in [-0.05, 0) is 51.3 Å². The van der Waals surface area contributed by atoms with Crippen molar-refractivity contribution in [3.63, 3.8) is 0 Å². The molecule has 0 radical (unpaired) electrons. The van der Waals surface area contributed by atoms with E-state index in [9.17, 15) is 13.6 Å². The van der Waals surface area contributed by atoms with Gasteiger partial charge in [-0.1, -0.05) is 6.07 Å². The summed E-state index contributed by atoms with van der Waals surface area (Å²) >= 11 is 0. The van der Waals surface area contributed by atoms with Gasteiger partial charge >= 0.3 is 0 Å². The van der Waals surface area contributed by atoms with E-state index in [-0.39, 0.29) is 18.4 Å². The van der Waals surface area contributed by atoms with Crippen LogP contribution in [-0.4, -0.2) is 52.4 Å². The van der Waals surface area contributed by atoms with E-state index in [2.05, 4.69) is 16.8 Å². The Morgan fingerprint density at radius 1 is 1.17 bits per heavy atom. The van der Waals surface area contributed by atoms with Crippen molar-refractivity contribution in [1.29, 1.82) is 0 Å². The maximum atomic E-state index is 14.7. The molecule has 0 N–H and O–H groups in total. The SMILES string of the molecule is C[C@H]1CCCN1CC1CCCN1C(=O)c1c(F)cc(OCc2ccccn2)cc1F. The number of benzene rings is 1. The molecule has 1 unspecified atom stereocenters. The van der Waals surface area contributed by atoms with Crippen LogP contribution in [0.1, 0.15) is 48.7 Å². The molecule has 2 fully saturated rings. The lowest BCUT2D eigenvalue weighted by atomic mass is 10.1.